The average Bonchev–Trinajstić information content (AvgIpc) is 2.79. The molecule has 0 aromatic carbocycles. The van der Waals surface area contributed by atoms with Crippen LogP contribution in [-0.2, 0) is 0 Å². The van der Waals surface area contributed by atoms with Gasteiger partial charge in [-0.05, 0) is 30.2 Å². The van der Waals surface area contributed by atoms with E-state index in [4.69, 9.17) is 4.99 Å². The summed E-state index contributed by atoms with van der Waals surface area (Å²) in [6.45, 7) is 12.8. The number of amidine groups is 1. The minimum atomic E-state index is -0.219. The first-order chi connectivity index (χ1) is 9.95. The molecule has 116 valence electrons. The van der Waals surface area contributed by atoms with E-state index in [9.17, 15) is 4.39 Å². The van der Waals surface area contributed by atoms with E-state index in [1.807, 2.05) is 0 Å². The summed E-state index contributed by atoms with van der Waals surface area (Å²) in [5, 5.41) is 3.14. The number of rotatable bonds is 6. The molecular formula is C17H25FN2S. The molecule has 2 aliphatic heterocycles. The van der Waals surface area contributed by atoms with Gasteiger partial charge in [0.15, 0.2) is 5.17 Å². The molecule has 0 aromatic heterocycles. The minimum Gasteiger partial charge on any atom is -0.320 e. The number of allylic oxidation sites excluding steroid dienone is 3. The summed E-state index contributed by atoms with van der Waals surface area (Å²) in [4.78, 5) is 7.00. The Morgan fingerprint density at radius 1 is 1.52 bits per heavy atom. The van der Waals surface area contributed by atoms with Gasteiger partial charge in [-0.25, -0.2) is 9.38 Å². The molecule has 2 aliphatic rings. The van der Waals surface area contributed by atoms with E-state index in [0.29, 0.717) is 5.92 Å². The zero-order chi connectivity index (χ0) is 15.6. The van der Waals surface area contributed by atoms with Crippen molar-refractivity contribution in [1.82, 2.24) is 4.90 Å². The second-order valence-corrected chi connectivity index (χ2v) is 6.90. The van der Waals surface area contributed by atoms with Crippen molar-refractivity contribution >= 4 is 16.9 Å². The second kappa shape index (κ2) is 6.82. The number of nitrogens with zero attached hydrogens (tertiary/aromatic N) is 2. The van der Waals surface area contributed by atoms with E-state index in [1.165, 1.54) is 5.70 Å². The fourth-order valence-corrected chi connectivity index (χ4v) is 3.73. The van der Waals surface area contributed by atoms with Crippen molar-refractivity contribution in [3.63, 3.8) is 0 Å². The Labute approximate surface area is 131 Å². The quantitative estimate of drug-likeness (QED) is 0.647. The van der Waals surface area contributed by atoms with Gasteiger partial charge in [-0.2, -0.15) is 0 Å². The van der Waals surface area contributed by atoms with Crippen LogP contribution in [0, 0.1) is 11.8 Å². The van der Waals surface area contributed by atoms with Crippen molar-refractivity contribution in [2.24, 2.45) is 16.8 Å². The van der Waals surface area contributed by atoms with Crippen LogP contribution >= 0.6 is 11.8 Å². The van der Waals surface area contributed by atoms with Gasteiger partial charge < -0.3 is 4.90 Å². The molecule has 0 aliphatic carbocycles. The van der Waals surface area contributed by atoms with Crippen molar-refractivity contribution in [2.75, 3.05) is 6.54 Å². The van der Waals surface area contributed by atoms with Crippen LogP contribution in [0.1, 0.15) is 47.0 Å². The third kappa shape index (κ3) is 3.42. The molecule has 0 saturated carbocycles. The van der Waals surface area contributed by atoms with Crippen molar-refractivity contribution in [1.29, 1.82) is 0 Å². The summed E-state index contributed by atoms with van der Waals surface area (Å²) in [6, 6.07) is 0. The third-order valence-electron chi connectivity index (χ3n) is 4.06. The summed E-state index contributed by atoms with van der Waals surface area (Å²) in [7, 11) is 0. The molecule has 0 aromatic rings. The van der Waals surface area contributed by atoms with Gasteiger partial charge in [-0.1, -0.05) is 52.0 Å². The molecule has 0 bridgehead atoms. The minimum absolute atomic E-state index is 0.189. The number of unbranched alkanes of at least 4 members (excludes halogenated alkanes) is 1. The van der Waals surface area contributed by atoms with Crippen LogP contribution < -0.4 is 0 Å². The number of aliphatic imine (C=N–C) groups is 1. The van der Waals surface area contributed by atoms with Gasteiger partial charge in [0.1, 0.15) is 5.83 Å². The maximum Gasteiger partial charge on any atom is 0.173 e. The van der Waals surface area contributed by atoms with E-state index in [2.05, 4.69) is 44.6 Å². The molecule has 2 nitrogen and oxygen atoms in total. The molecule has 2 rings (SSSR count). The van der Waals surface area contributed by atoms with Gasteiger partial charge in [0, 0.05) is 23.9 Å². The standard InChI is InChI=1S/C17H25FN2S/c1-6-7-8-14(13(5)18)15-9-20-12(4)10-21-17(20)19-16(15)11(2)3/h10-11,14H,5-9H2,1-4H3. The predicted octanol–water partition coefficient (Wildman–Crippen LogP) is 5.47. The summed E-state index contributed by atoms with van der Waals surface area (Å²) < 4.78 is 14.0. The highest BCUT2D eigenvalue weighted by atomic mass is 32.2. The first-order valence-corrected chi connectivity index (χ1v) is 8.60. The van der Waals surface area contributed by atoms with Gasteiger partial charge in [0.05, 0.1) is 0 Å². The summed E-state index contributed by atoms with van der Waals surface area (Å²) >= 11 is 1.66. The van der Waals surface area contributed by atoms with E-state index in [1.54, 1.807) is 11.8 Å². The molecule has 1 atom stereocenters. The number of hydrogen-bond acceptors (Lipinski definition) is 3. The Bertz CT molecular complexity index is 517. The average molecular weight is 308 g/mol. The molecule has 0 spiro atoms. The Morgan fingerprint density at radius 3 is 2.81 bits per heavy atom. The molecule has 0 fully saturated rings. The lowest BCUT2D eigenvalue weighted by atomic mass is 9.87. The Kier molecular flexibility index (Phi) is 5.31. The summed E-state index contributed by atoms with van der Waals surface area (Å²) in [5.41, 5.74) is 3.36. The lowest BCUT2D eigenvalue weighted by Gasteiger charge is -2.32. The smallest absolute Gasteiger partial charge is 0.173 e. The maximum absolute atomic E-state index is 14.0. The Balaban J connectivity index is 2.37. The van der Waals surface area contributed by atoms with Crippen molar-refractivity contribution in [3.8, 4) is 0 Å². The molecule has 1 unspecified atom stereocenters. The van der Waals surface area contributed by atoms with Crippen LogP contribution in [0.5, 0.6) is 0 Å². The predicted molar refractivity (Wildman–Crippen MR) is 90.6 cm³/mol. The first-order valence-electron chi connectivity index (χ1n) is 7.72. The fraction of sp³-hybridized carbons (Fsp3) is 0.588. The molecule has 0 radical (unpaired) electrons. The third-order valence-corrected chi connectivity index (χ3v) is 5.04. The number of halogens is 1. The molecule has 0 amide bonds. The molecule has 4 heteroatoms. The van der Waals surface area contributed by atoms with Crippen LogP contribution in [0.4, 0.5) is 4.39 Å². The molecular weight excluding hydrogens is 283 g/mol. The van der Waals surface area contributed by atoms with Gasteiger partial charge >= 0.3 is 0 Å². The van der Waals surface area contributed by atoms with E-state index in [-0.39, 0.29) is 11.7 Å². The molecule has 2 heterocycles. The Hall–Kier alpha value is -1.03. The lowest BCUT2D eigenvalue weighted by molar-refractivity contribution is 0.429. The van der Waals surface area contributed by atoms with E-state index in [0.717, 1.165) is 42.2 Å². The zero-order valence-corrected chi connectivity index (χ0v) is 14.3. The lowest BCUT2D eigenvalue weighted by Crippen LogP contribution is -2.33. The topological polar surface area (TPSA) is 15.6 Å². The highest BCUT2D eigenvalue weighted by Crippen LogP contribution is 2.39. The summed E-state index contributed by atoms with van der Waals surface area (Å²) in [6.07, 6.45) is 2.91. The second-order valence-electron chi connectivity index (χ2n) is 6.06. The van der Waals surface area contributed by atoms with Gasteiger partial charge in [-0.3, -0.25) is 0 Å². The number of fused-ring (bicyclic) bond motifs is 1. The van der Waals surface area contributed by atoms with Gasteiger partial charge in [-0.15, -0.1) is 0 Å². The van der Waals surface area contributed by atoms with E-state index < -0.39 is 0 Å². The zero-order valence-electron chi connectivity index (χ0n) is 13.4. The Morgan fingerprint density at radius 2 is 2.24 bits per heavy atom. The van der Waals surface area contributed by atoms with Crippen LogP contribution in [0.3, 0.4) is 0 Å². The van der Waals surface area contributed by atoms with Crippen LogP contribution in [0.2, 0.25) is 0 Å². The van der Waals surface area contributed by atoms with Crippen LogP contribution in [0.25, 0.3) is 0 Å². The SMILES string of the molecule is C=C(F)C(CCCC)C1=C(C(C)C)N=C2SC=C(C)N2C1. The van der Waals surface area contributed by atoms with Gasteiger partial charge in [0.25, 0.3) is 0 Å². The first kappa shape index (κ1) is 16.3. The highest BCUT2D eigenvalue weighted by Gasteiger charge is 2.32. The van der Waals surface area contributed by atoms with Crippen molar-refractivity contribution in [2.45, 2.75) is 47.0 Å². The summed E-state index contributed by atoms with van der Waals surface area (Å²) in [5.74, 6) is -0.102. The van der Waals surface area contributed by atoms with Crippen LogP contribution in [0.15, 0.2) is 39.8 Å². The van der Waals surface area contributed by atoms with Crippen LogP contribution in [-0.4, -0.2) is 16.6 Å². The maximum atomic E-state index is 14.0. The molecule has 0 N–H and O–H groups in total. The largest absolute Gasteiger partial charge is 0.320 e. The fourth-order valence-electron chi connectivity index (χ4n) is 2.84. The van der Waals surface area contributed by atoms with E-state index >= 15 is 0 Å². The normalized spacial score (nSPS) is 19.6. The monoisotopic (exact) mass is 308 g/mol. The highest BCUT2D eigenvalue weighted by molar-refractivity contribution is 8.16. The number of thioether (sulfide) groups is 1. The van der Waals surface area contributed by atoms with Crippen molar-refractivity contribution in [3.05, 3.63) is 34.8 Å². The van der Waals surface area contributed by atoms with Gasteiger partial charge in [0.2, 0.25) is 0 Å². The van der Waals surface area contributed by atoms with Crippen molar-refractivity contribution < 1.29 is 4.39 Å². The molecule has 0 saturated heterocycles. The molecule has 21 heavy (non-hydrogen) atoms. The number of hydrogen-bond donors (Lipinski definition) is 0.